The van der Waals surface area contributed by atoms with Crippen molar-refractivity contribution in [3.63, 3.8) is 0 Å². The zero-order valence-electron chi connectivity index (χ0n) is 11.5. The average Bonchev–Trinajstić information content (AvgIpc) is 2.83. The minimum Gasteiger partial charge on any atom is -0.460 e. The molecule has 22 heavy (non-hydrogen) atoms. The number of hydrogen-bond acceptors (Lipinski definition) is 4. The van der Waals surface area contributed by atoms with E-state index in [4.69, 9.17) is 4.74 Å². The quantitative estimate of drug-likeness (QED) is 0.801. The van der Waals surface area contributed by atoms with Crippen molar-refractivity contribution in [2.45, 2.75) is 12.7 Å². The molecule has 0 saturated carbocycles. The smallest absolute Gasteiger partial charge is 0.436 e. The van der Waals surface area contributed by atoms with Crippen molar-refractivity contribution < 1.29 is 22.7 Å². The van der Waals surface area contributed by atoms with Gasteiger partial charge in [-0.25, -0.2) is 4.79 Å². The van der Waals surface area contributed by atoms with Crippen molar-refractivity contribution in [1.82, 2.24) is 14.3 Å². The fourth-order valence-electron chi connectivity index (χ4n) is 1.81. The molecule has 2 aromatic rings. The molecule has 0 spiro atoms. The number of hydrogen-bond donors (Lipinski definition) is 0. The predicted molar refractivity (Wildman–Crippen MR) is 69.2 cm³/mol. The van der Waals surface area contributed by atoms with Crippen molar-refractivity contribution in [2.75, 3.05) is 6.61 Å². The van der Waals surface area contributed by atoms with Crippen LogP contribution in [-0.2, 0) is 24.5 Å². The molecular weight excluding hydrogens is 303 g/mol. The van der Waals surface area contributed by atoms with Gasteiger partial charge in [0, 0.05) is 25.5 Å². The van der Waals surface area contributed by atoms with E-state index in [9.17, 15) is 22.8 Å². The second-order valence-electron chi connectivity index (χ2n) is 4.43. The van der Waals surface area contributed by atoms with Crippen LogP contribution in [0.5, 0.6) is 0 Å². The summed E-state index contributed by atoms with van der Waals surface area (Å²) in [4.78, 5) is 23.2. The number of alkyl halides is 3. The van der Waals surface area contributed by atoms with Crippen molar-refractivity contribution in [3.05, 3.63) is 52.2 Å². The first-order chi connectivity index (χ1) is 10.3. The minimum absolute atomic E-state index is 0.0486. The first-order valence-corrected chi connectivity index (χ1v) is 6.22. The molecule has 2 aromatic heterocycles. The number of aromatic nitrogens is 3. The number of pyridine rings is 1. The fourth-order valence-corrected chi connectivity index (χ4v) is 1.81. The molecule has 0 fully saturated rings. The van der Waals surface area contributed by atoms with Crippen molar-refractivity contribution in [3.8, 4) is 0 Å². The third-order valence-corrected chi connectivity index (χ3v) is 2.78. The van der Waals surface area contributed by atoms with Gasteiger partial charge in [-0.3, -0.25) is 9.48 Å². The SMILES string of the molecule is Cn1cc(C(=O)OCCn2ccccc2=O)c(C(F)(F)F)n1. The Morgan fingerprint density at radius 3 is 2.73 bits per heavy atom. The summed E-state index contributed by atoms with van der Waals surface area (Å²) in [5.41, 5.74) is -2.25. The van der Waals surface area contributed by atoms with Crippen LogP contribution in [0.25, 0.3) is 0 Å². The van der Waals surface area contributed by atoms with Gasteiger partial charge >= 0.3 is 12.1 Å². The number of rotatable bonds is 4. The van der Waals surface area contributed by atoms with Crippen LogP contribution in [0.4, 0.5) is 13.2 Å². The molecule has 6 nitrogen and oxygen atoms in total. The largest absolute Gasteiger partial charge is 0.460 e. The first-order valence-electron chi connectivity index (χ1n) is 6.22. The Balaban J connectivity index is 2.05. The standard InChI is InChI=1S/C13H12F3N3O3/c1-18-8-9(11(17-18)13(14,15)16)12(21)22-7-6-19-5-3-2-4-10(19)20/h2-5,8H,6-7H2,1H3. The van der Waals surface area contributed by atoms with Gasteiger partial charge in [-0.05, 0) is 6.07 Å². The number of carbonyl (C=O) groups is 1. The Bertz CT molecular complexity index is 734. The molecule has 0 radical (unpaired) electrons. The maximum atomic E-state index is 12.7. The zero-order chi connectivity index (χ0) is 16.3. The van der Waals surface area contributed by atoms with E-state index >= 15 is 0 Å². The number of aryl methyl sites for hydroxylation is 1. The molecule has 0 N–H and O–H groups in total. The third kappa shape index (κ3) is 3.54. The summed E-state index contributed by atoms with van der Waals surface area (Å²) in [5.74, 6) is -1.13. The van der Waals surface area contributed by atoms with E-state index in [-0.39, 0.29) is 18.7 Å². The van der Waals surface area contributed by atoms with E-state index in [0.717, 1.165) is 10.9 Å². The summed E-state index contributed by atoms with van der Waals surface area (Å²) >= 11 is 0. The van der Waals surface area contributed by atoms with Crippen molar-refractivity contribution in [2.24, 2.45) is 7.05 Å². The van der Waals surface area contributed by atoms with Crippen molar-refractivity contribution >= 4 is 5.97 Å². The second kappa shape index (κ2) is 6.04. The normalized spacial score (nSPS) is 11.5. The maximum Gasteiger partial charge on any atom is 0.436 e. The lowest BCUT2D eigenvalue weighted by Crippen LogP contribution is -2.22. The molecule has 2 heterocycles. The van der Waals surface area contributed by atoms with E-state index in [0.29, 0.717) is 0 Å². The highest BCUT2D eigenvalue weighted by Gasteiger charge is 2.39. The Labute approximate surface area is 122 Å². The summed E-state index contributed by atoms with van der Waals surface area (Å²) in [6, 6.07) is 4.49. The van der Waals surface area contributed by atoms with Gasteiger partial charge in [-0.1, -0.05) is 6.07 Å². The maximum absolute atomic E-state index is 12.7. The molecule has 0 saturated heterocycles. The lowest BCUT2D eigenvalue weighted by molar-refractivity contribution is -0.142. The number of halogens is 3. The summed E-state index contributed by atoms with van der Waals surface area (Å²) in [6.45, 7) is -0.179. The van der Waals surface area contributed by atoms with Crippen LogP contribution in [-0.4, -0.2) is 26.9 Å². The van der Waals surface area contributed by atoms with Crippen LogP contribution in [0.2, 0.25) is 0 Å². The van der Waals surface area contributed by atoms with Gasteiger partial charge in [0.15, 0.2) is 5.69 Å². The summed E-state index contributed by atoms with van der Waals surface area (Å²) in [7, 11) is 1.27. The Morgan fingerprint density at radius 2 is 2.09 bits per heavy atom. The Kier molecular flexibility index (Phi) is 4.34. The van der Waals surface area contributed by atoms with E-state index < -0.39 is 23.4 Å². The van der Waals surface area contributed by atoms with Gasteiger partial charge in [0.05, 0.1) is 6.54 Å². The van der Waals surface area contributed by atoms with Crippen LogP contribution in [0.1, 0.15) is 16.1 Å². The van der Waals surface area contributed by atoms with E-state index in [1.807, 2.05) is 0 Å². The molecule has 0 aliphatic heterocycles. The highest BCUT2D eigenvalue weighted by atomic mass is 19.4. The molecule has 0 aliphatic carbocycles. The average molecular weight is 315 g/mol. The fraction of sp³-hybridized carbons (Fsp3) is 0.308. The molecule has 0 bridgehead atoms. The number of nitrogens with zero attached hydrogens (tertiary/aromatic N) is 3. The number of esters is 1. The van der Waals surface area contributed by atoms with E-state index in [1.165, 1.54) is 23.9 Å². The molecule has 0 atom stereocenters. The molecule has 0 unspecified atom stereocenters. The molecule has 118 valence electrons. The minimum atomic E-state index is -4.74. The van der Waals surface area contributed by atoms with Gasteiger partial charge in [0.25, 0.3) is 5.56 Å². The molecular formula is C13H12F3N3O3. The van der Waals surface area contributed by atoms with Gasteiger partial charge in [-0.15, -0.1) is 0 Å². The van der Waals surface area contributed by atoms with E-state index in [1.54, 1.807) is 12.1 Å². The lowest BCUT2D eigenvalue weighted by atomic mass is 10.2. The monoisotopic (exact) mass is 315 g/mol. The van der Waals surface area contributed by atoms with Crippen LogP contribution < -0.4 is 5.56 Å². The molecule has 2 rings (SSSR count). The summed E-state index contributed by atoms with van der Waals surface area (Å²) in [5, 5.41) is 3.22. The second-order valence-corrected chi connectivity index (χ2v) is 4.43. The third-order valence-electron chi connectivity index (χ3n) is 2.78. The van der Waals surface area contributed by atoms with Gasteiger partial charge in [-0.2, -0.15) is 18.3 Å². The summed E-state index contributed by atoms with van der Waals surface area (Å²) in [6.07, 6.45) is -2.31. The topological polar surface area (TPSA) is 66.1 Å². The van der Waals surface area contributed by atoms with Crippen LogP contribution >= 0.6 is 0 Å². The van der Waals surface area contributed by atoms with Crippen LogP contribution in [0, 0.1) is 0 Å². The molecule has 9 heteroatoms. The first kappa shape index (κ1) is 15.8. The highest BCUT2D eigenvalue weighted by molar-refractivity contribution is 5.90. The predicted octanol–water partition coefficient (Wildman–Crippen LogP) is 1.46. The number of ether oxygens (including phenoxy) is 1. The van der Waals surface area contributed by atoms with Crippen molar-refractivity contribution in [1.29, 1.82) is 0 Å². The summed E-state index contributed by atoms with van der Waals surface area (Å²) < 4.78 is 45.2. The van der Waals surface area contributed by atoms with Gasteiger partial charge < -0.3 is 9.30 Å². The molecule has 0 aromatic carbocycles. The van der Waals surface area contributed by atoms with Gasteiger partial charge in [0.2, 0.25) is 0 Å². The van der Waals surface area contributed by atoms with Gasteiger partial charge in [0.1, 0.15) is 12.2 Å². The molecule has 0 aliphatic rings. The Morgan fingerprint density at radius 1 is 1.36 bits per heavy atom. The van der Waals surface area contributed by atoms with E-state index in [2.05, 4.69) is 5.10 Å². The number of carbonyl (C=O) groups excluding carboxylic acids is 1. The zero-order valence-corrected chi connectivity index (χ0v) is 11.5. The lowest BCUT2D eigenvalue weighted by Gasteiger charge is -2.08. The van der Waals surface area contributed by atoms with Crippen LogP contribution in [0.15, 0.2) is 35.4 Å². The molecule has 0 amide bonds. The Hall–Kier alpha value is -2.58. The highest BCUT2D eigenvalue weighted by Crippen LogP contribution is 2.30. The van der Waals surface area contributed by atoms with Crippen LogP contribution in [0.3, 0.4) is 0 Å².